The summed E-state index contributed by atoms with van der Waals surface area (Å²) >= 11 is 5.95. The standard InChI is InChI=1S/C14H19ClFNO/c1-4-14(5-2,9-15)17-13(18)12-7-6-11(16)8-10(12)3/h6-8H,4-5,9H2,1-3H3,(H,17,18). The van der Waals surface area contributed by atoms with Crippen molar-refractivity contribution in [1.29, 1.82) is 0 Å². The zero-order valence-electron chi connectivity index (χ0n) is 11.0. The van der Waals surface area contributed by atoms with Crippen molar-refractivity contribution in [3.05, 3.63) is 35.1 Å². The predicted octanol–water partition coefficient (Wildman–Crippen LogP) is 3.66. The van der Waals surface area contributed by atoms with E-state index in [0.29, 0.717) is 17.0 Å². The van der Waals surface area contributed by atoms with Gasteiger partial charge in [-0.25, -0.2) is 4.39 Å². The summed E-state index contributed by atoms with van der Waals surface area (Å²) in [6, 6.07) is 4.15. The molecule has 4 heteroatoms. The number of nitrogens with one attached hydrogen (secondary N) is 1. The van der Waals surface area contributed by atoms with E-state index in [1.807, 2.05) is 13.8 Å². The summed E-state index contributed by atoms with van der Waals surface area (Å²) < 4.78 is 13.0. The molecule has 0 aliphatic rings. The number of alkyl halides is 1. The van der Waals surface area contributed by atoms with Crippen molar-refractivity contribution in [1.82, 2.24) is 5.32 Å². The molecule has 0 radical (unpaired) electrons. The van der Waals surface area contributed by atoms with E-state index in [1.54, 1.807) is 6.92 Å². The minimum atomic E-state index is -0.389. The van der Waals surface area contributed by atoms with E-state index in [0.717, 1.165) is 12.8 Å². The summed E-state index contributed by atoms with van der Waals surface area (Å²) in [5, 5.41) is 2.96. The van der Waals surface area contributed by atoms with Crippen LogP contribution in [0, 0.1) is 12.7 Å². The molecule has 18 heavy (non-hydrogen) atoms. The Morgan fingerprint density at radius 2 is 2.00 bits per heavy atom. The normalized spacial score (nSPS) is 11.4. The summed E-state index contributed by atoms with van der Waals surface area (Å²) in [4.78, 5) is 12.2. The number of carbonyl (C=O) groups excluding carboxylic acids is 1. The SMILES string of the molecule is CCC(CC)(CCl)NC(=O)c1ccc(F)cc1C. The van der Waals surface area contributed by atoms with Crippen molar-refractivity contribution < 1.29 is 9.18 Å². The van der Waals surface area contributed by atoms with Gasteiger partial charge in [0.25, 0.3) is 5.91 Å². The van der Waals surface area contributed by atoms with Gasteiger partial charge < -0.3 is 5.32 Å². The fourth-order valence-electron chi connectivity index (χ4n) is 1.84. The fourth-order valence-corrected chi connectivity index (χ4v) is 2.28. The highest BCUT2D eigenvalue weighted by Crippen LogP contribution is 2.19. The zero-order valence-corrected chi connectivity index (χ0v) is 11.8. The van der Waals surface area contributed by atoms with Crippen molar-refractivity contribution in [3.8, 4) is 0 Å². The molecule has 0 unspecified atom stereocenters. The smallest absolute Gasteiger partial charge is 0.252 e. The van der Waals surface area contributed by atoms with Crippen molar-refractivity contribution >= 4 is 17.5 Å². The quantitative estimate of drug-likeness (QED) is 0.814. The molecule has 0 aliphatic carbocycles. The van der Waals surface area contributed by atoms with Gasteiger partial charge in [-0.15, -0.1) is 11.6 Å². The van der Waals surface area contributed by atoms with Crippen molar-refractivity contribution in [2.24, 2.45) is 0 Å². The molecular formula is C14H19ClFNO. The summed E-state index contributed by atoms with van der Waals surface area (Å²) in [6.07, 6.45) is 1.53. The Hall–Kier alpha value is -1.09. The van der Waals surface area contributed by atoms with Gasteiger partial charge in [0.2, 0.25) is 0 Å². The number of halogens is 2. The number of rotatable bonds is 5. The number of hydrogen-bond acceptors (Lipinski definition) is 1. The van der Waals surface area contributed by atoms with E-state index in [9.17, 15) is 9.18 Å². The van der Waals surface area contributed by atoms with Gasteiger partial charge in [0.1, 0.15) is 5.82 Å². The van der Waals surface area contributed by atoms with Gasteiger partial charge in [0.15, 0.2) is 0 Å². The average Bonchev–Trinajstić information content (AvgIpc) is 2.36. The van der Waals surface area contributed by atoms with Crippen LogP contribution >= 0.6 is 11.6 Å². The molecule has 2 nitrogen and oxygen atoms in total. The third-order valence-electron chi connectivity index (χ3n) is 3.42. The van der Waals surface area contributed by atoms with Crippen LogP contribution in [0.1, 0.15) is 42.6 Å². The Morgan fingerprint density at radius 1 is 1.39 bits per heavy atom. The monoisotopic (exact) mass is 271 g/mol. The molecule has 0 fully saturated rings. The topological polar surface area (TPSA) is 29.1 Å². The molecule has 0 aromatic heterocycles. The van der Waals surface area contributed by atoms with Crippen LogP contribution in [0.3, 0.4) is 0 Å². The van der Waals surface area contributed by atoms with Crippen molar-refractivity contribution in [3.63, 3.8) is 0 Å². The molecule has 1 rings (SSSR count). The Balaban J connectivity index is 2.94. The molecule has 0 heterocycles. The van der Waals surface area contributed by atoms with Crippen LogP contribution in [-0.4, -0.2) is 17.3 Å². The third kappa shape index (κ3) is 3.22. The lowest BCUT2D eigenvalue weighted by atomic mass is 9.94. The maximum Gasteiger partial charge on any atom is 0.252 e. The highest BCUT2D eigenvalue weighted by Gasteiger charge is 2.27. The maximum absolute atomic E-state index is 13.0. The molecule has 0 bridgehead atoms. The number of aryl methyl sites for hydroxylation is 1. The van der Waals surface area contributed by atoms with E-state index in [4.69, 9.17) is 11.6 Å². The Labute approximate surface area is 113 Å². The minimum absolute atomic E-state index is 0.197. The number of hydrogen-bond donors (Lipinski definition) is 1. The van der Waals surface area contributed by atoms with E-state index < -0.39 is 0 Å². The molecule has 1 N–H and O–H groups in total. The summed E-state index contributed by atoms with van der Waals surface area (Å²) in [7, 11) is 0. The first kappa shape index (κ1) is 15.0. The lowest BCUT2D eigenvalue weighted by Crippen LogP contribution is -2.49. The zero-order chi connectivity index (χ0) is 13.8. The average molecular weight is 272 g/mol. The molecule has 1 amide bonds. The summed E-state index contributed by atoms with van der Waals surface area (Å²) in [5.74, 6) is -0.165. The van der Waals surface area contributed by atoms with Crippen LogP contribution in [0.15, 0.2) is 18.2 Å². The molecule has 100 valence electrons. The lowest BCUT2D eigenvalue weighted by Gasteiger charge is -2.30. The van der Waals surface area contributed by atoms with E-state index in [1.165, 1.54) is 18.2 Å². The van der Waals surface area contributed by atoms with Crippen LogP contribution in [-0.2, 0) is 0 Å². The highest BCUT2D eigenvalue weighted by atomic mass is 35.5. The lowest BCUT2D eigenvalue weighted by molar-refractivity contribution is 0.0902. The first-order valence-electron chi connectivity index (χ1n) is 6.12. The van der Waals surface area contributed by atoms with Crippen LogP contribution < -0.4 is 5.32 Å². The molecule has 0 saturated carbocycles. The largest absolute Gasteiger partial charge is 0.345 e. The second-order valence-electron chi connectivity index (χ2n) is 4.53. The summed E-state index contributed by atoms with van der Waals surface area (Å²) in [5.41, 5.74) is 0.732. The van der Waals surface area contributed by atoms with Crippen LogP contribution in [0.4, 0.5) is 4.39 Å². The minimum Gasteiger partial charge on any atom is -0.345 e. The van der Waals surface area contributed by atoms with Crippen LogP contribution in [0.2, 0.25) is 0 Å². The maximum atomic E-state index is 13.0. The summed E-state index contributed by atoms with van der Waals surface area (Å²) in [6.45, 7) is 5.70. The molecule has 0 spiro atoms. The van der Waals surface area contributed by atoms with Gasteiger partial charge in [-0.05, 0) is 43.5 Å². The van der Waals surface area contributed by atoms with Crippen LogP contribution in [0.5, 0.6) is 0 Å². The third-order valence-corrected chi connectivity index (χ3v) is 3.93. The molecular weight excluding hydrogens is 253 g/mol. The van der Waals surface area contributed by atoms with Gasteiger partial charge >= 0.3 is 0 Å². The molecule has 0 saturated heterocycles. The second-order valence-corrected chi connectivity index (χ2v) is 4.80. The van der Waals surface area contributed by atoms with E-state index in [-0.39, 0.29) is 17.3 Å². The van der Waals surface area contributed by atoms with Gasteiger partial charge in [-0.3, -0.25) is 4.79 Å². The second kappa shape index (κ2) is 6.19. The Kier molecular flexibility index (Phi) is 5.15. The molecule has 0 aliphatic heterocycles. The Bertz CT molecular complexity index is 422. The molecule has 0 atom stereocenters. The van der Waals surface area contributed by atoms with Crippen LogP contribution in [0.25, 0.3) is 0 Å². The van der Waals surface area contributed by atoms with Gasteiger partial charge in [-0.2, -0.15) is 0 Å². The van der Waals surface area contributed by atoms with Gasteiger partial charge in [-0.1, -0.05) is 13.8 Å². The molecule has 1 aromatic rings. The number of benzene rings is 1. The number of amides is 1. The van der Waals surface area contributed by atoms with Crippen molar-refractivity contribution in [2.75, 3.05) is 5.88 Å². The molecule has 1 aromatic carbocycles. The van der Waals surface area contributed by atoms with E-state index >= 15 is 0 Å². The highest BCUT2D eigenvalue weighted by molar-refractivity contribution is 6.19. The number of carbonyl (C=O) groups is 1. The van der Waals surface area contributed by atoms with Gasteiger partial charge in [0.05, 0.1) is 5.54 Å². The van der Waals surface area contributed by atoms with E-state index in [2.05, 4.69) is 5.32 Å². The Morgan fingerprint density at radius 3 is 2.44 bits per heavy atom. The predicted molar refractivity (Wildman–Crippen MR) is 72.6 cm³/mol. The fraction of sp³-hybridized carbons (Fsp3) is 0.500. The first-order chi connectivity index (χ1) is 8.48. The van der Waals surface area contributed by atoms with Crippen molar-refractivity contribution in [2.45, 2.75) is 39.2 Å². The first-order valence-corrected chi connectivity index (χ1v) is 6.66. The van der Waals surface area contributed by atoms with Gasteiger partial charge in [0, 0.05) is 11.4 Å².